The maximum Gasteiger partial charge on any atom is 0.222 e. The van der Waals surface area contributed by atoms with Crippen LogP contribution in [-0.2, 0) is 6.42 Å². The van der Waals surface area contributed by atoms with Crippen molar-refractivity contribution in [1.29, 1.82) is 0 Å². The number of hydrogen-bond donors (Lipinski definition) is 1. The largest absolute Gasteiger partial charge is 0.493 e. The molecule has 2 N–H and O–H groups in total. The molecule has 0 saturated heterocycles. The van der Waals surface area contributed by atoms with E-state index < -0.39 is 0 Å². The number of hydrogen-bond acceptors (Lipinski definition) is 4. The molecule has 1 aromatic heterocycles. The summed E-state index contributed by atoms with van der Waals surface area (Å²) in [4.78, 5) is 0. The summed E-state index contributed by atoms with van der Waals surface area (Å²) in [7, 11) is 0. The van der Waals surface area contributed by atoms with Gasteiger partial charge in [0.05, 0.1) is 6.61 Å². The van der Waals surface area contributed by atoms with Gasteiger partial charge in [0.2, 0.25) is 5.88 Å². The fraction of sp³-hybridized carbons (Fsp3) is 0.308. The molecule has 0 aliphatic carbocycles. The molecule has 4 nitrogen and oxygen atoms in total. The first-order valence-electron chi connectivity index (χ1n) is 5.72. The summed E-state index contributed by atoms with van der Waals surface area (Å²) in [5.74, 6) is 1.11. The number of nitrogens with two attached hydrogens (primary N) is 1. The molecule has 0 aliphatic rings. The highest BCUT2D eigenvalue weighted by Crippen LogP contribution is 2.31. The van der Waals surface area contributed by atoms with Crippen LogP contribution in [-0.4, -0.2) is 11.8 Å². The molecule has 0 bridgehead atoms. The van der Waals surface area contributed by atoms with Crippen LogP contribution in [0.15, 0.2) is 28.8 Å². The minimum atomic E-state index is 0.310. The van der Waals surface area contributed by atoms with Crippen molar-refractivity contribution >= 4 is 5.88 Å². The smallest absolute Gasteiger partial charge is 0.222 e. The first-order valence-corrected chi connectivity index (χ1v) is 5.72. The van der Waals surface area contributed by atoms with Crippen molar-refractivity contribution in [1.82, 2.24) is 5.16 Å². The average molecular weight is 232 g/mol. The Morgan fingerprint density at radius 1 is 1.29 bits per heavy atom. The number of nitrogen functional groups attached to an aromatic ring is 1. The maximum absolute atomic E-state index is 5.58. The molecule has 0 fully saturated rings. The number of benzene rings is 1. The second-order valence-corrected chi connectivity index (χ2v) is 3.73. The zero-order valence-corrected chi connectivity index (χ0v) is 10.1. The van der Waals surface area contributed by atoms with Crippen LogP contribution in [0.2, 0.25) is 0 Å². The molecule has 0 spiro atoms. The zero-order valence-electron chi connectivity index (χ0n) is 10.1. The number of ether oxygens (including phenoxy) is 1. The molecular formula is C13H16N2O2. The van der Waals surface area contributed by atoms with E-state index in [4.69, 9.17) is 15.0 Å². The van der Waals surface area contributed by atoms with Crippen molar-refractivity contribution in [2.45, 2.75) is 20.3 Å². The SMILES string of the molecule is CCOc1ccc(CC)cc1-c1cc(N)on1. The first-order chi connectivity index (χ1) is 8.24. The van der Waals surface area contributed by atoms with Crippen LogP contribution in [0.4, 0.5) is 5.88 Å². The average Bonchev–Trinajstić information content (AvgIpc) is 2.77. The lowest BCUT2D eigenvalue weighted by Crippen LogP contribution is -1.95. The third-order valence-electron chi connectivity index (χ3n) is 2.56. The van der Waals surface area contributed by atoms with Crippen LogP contribution in [0.25, 0.3) is 11.3 Å². The van der Waals surface area contributed by atoms with Crippen LogP contribution in [0, 0.1) is 0 Å². The summed E-state index contributed by atoms with van der Waals surface area (Å²) in [5, 5.41) is 3.92. The summed E-state index contributed by atoms with van der Waals surface area (Å²) >= 11 is 0. The lowest BCUT2D eigenvalue weighted by molar-refractivity contribution is 0.341. The third-order valence-corrected chi connectivity index (χ3v) is 2.56. The Morgan fingerprint density at radius 3 is 2.71 bits per heavy atom. The molecule has 0 radical (unpaired) electrons. The van der Waals surface area contributed by atoms with Crippen LogP contribution < -0.4 is 10.5 Å². The Bertz CT molecular complexity index is 506. The summed E-state index contributed by atoms with van der Waals surface area (Å²) in [5.41, 5.74) is 8.40. The molecule has 0 saturated carbocycles. The Morgan fingerprint density at radius 2 is 2.12 bits per heavy atom. The van der Waals surface area contributed by atoms with Gasteiger partial charge < -0.3 is 15.0 Å². The Labute approximate surface area is 100 Å². The monoisotopic (exact) mass is 232 g/mol. The van der Waals surface area contributed by atoms with Crippen LogP contribution in [0.5, 0.6) is 5.75 Å². The lowest BCUT2D eigenvalue weighted by atomic mass is 10.1. The molecule has 4 heteroatoms. The van der Waals surface area contributed by atoms with Crippen molar-refractivity contribution < 1.29 is 9.26 Å². The van der Waals surface area contributed by atoms with Gasteiger partial charge in [-0.15, -0.1) is 0 Å². The molecule has 0 unspecified atom stereocenters. The molecule has 0 aliphatic heterocycles. The van der Waals surface area contributed by atoms with E-state index in [0.717, 1.165) is 17.7 Å². The van der Waals surface area contributed by atoms with E-state index >= 15 is 0 Å². The maximum atomic E-state index is 5.58. The highest BCUT2D eigenvalue weighted by molar-refractivity contribution is 5.69. The van der Waals surface area contributed by atoms with Gasteiger partial charge in [-0.25, -0.2) is 0 Å². The third kappa shape index (κ3) is 2.41. The van der Waals surface area contributed by atoms with Gasteiger partial charge in [0.15, 0.2) is 0 Å². The topological polar surface area (TPSA) is 61.3 Å². The number of rotatable bonds is 4. The van der Waals surface area contributed by atoms with Crippen molar-refractivity contribution in [2.24, 2.45) is 0 Å². The second kappa shape index (κ2) is 4.91. The number of anilines is 1. The van der Waals surface area contributed by atoms with Crippen LogP contribution in [0.1, 0.15) is 19.4 Å². The van der Waals surface area contributed by atoms with Crippen LogP contribution in [0.3, 0.4) is 0 Å². The number of nitrogens with zero attached hydrogens (tertiary/aromatic N) is 1. The van der Waals surface area contributed by atoms with Crippen molar-refractivity contribution in [2.75, 3.05) is 12.3 Å². The van der Waals surface area contributed by atoms with Crippen molar-refractivity contribution in [3.63, 3.8) is 0 Å². The molecule has 1 aromatic carbocycles. The van der Waals surface area contributed by atoms with Gasteiger partial charge in [0, 0.05) is 11.6 Å². The van der Waals surface area contributed by atoms with E-state index in [2.05, 4.69) is 24.2 Å². The first kappa shape index (κ1) is 11.5. The van der Waals surface area contributed by atoms with E-state index in [-0.39, 0.29) is 0 Å². The van der Waals surface area contributed by atoms with Crippen molar-refractivity contribution in [3.8, 4) is 17.0 Å². The van der Waals surface area contributed by atoms with E-state index in [0.29, 0.717) is 18.2 Å². The highest BCUT2D eigenvalue weighted by Gasteiger charge is 2.11. The normalized spacial score (nSPS) is 10.5. The summed E-state index contributed by atoms with van der Waals surface area (Å²) in [6.45, 7) is 4.68. The molecule has 1 heterocycles. The Balaban J connectivity index is 2.48. The summed E-state index contributed by atoms with van der Waals surface area (Å²) in [6, 6.07) is 7.78. The molecule has 2 rings (SSSR count). The molecule has 2 aromatic rings. The van der Waals surface area contributed by atoms with Gasteiger partial charge in [-0.3, -0.25) is 0 Å². The van der Waals surface area contributed by atoms with Gasteiger partial charge in [0.1, 0.15) is 11.4 Å². The quantitative estimate of drug-likeness (QED) is 0.880. The molecule has 0 amide bonds. The van der Waals surface area contributed by atoms with E-state index in [9.17, 15) is 0 Å². The van der Waals surface area contributed by atoms with Crippen LogP contribution >= 0.6 is 0 Å². The summed E-state index contributed by atoms with van der Waals surface area (Å²) < 4.78 is 10.5. The van der Waals surface area contributed by atoms with E-state index in [1.807, 2.05) is 13.0 Å². The predicted octanol–water partition coefficient (Wildman–Crippen LogP) is 2.88. The van der Waals surface area contributed by atoms with Gasteiger partial charge in [-0.1, -0.05) is 18.1 Å². The molecule has 17 heavy (non-hydrogen) atoms. The highest BCUT2D eigenvalue weighted by atomic mass is 16.5. The molecule has 90 valence electrons. The lowest BCUT2D eigenvalue weighted by Gasteiger charge is -2.09. The van der Waals surface area contributed by atoms with E-state index in [1.54, 1.807) is 6.07 Å². The predicted molar refractivity (Wildman–Crippen MR) is 66.9 cm³/mol. The van der Waals surface area contributed by atoms with Gasteiger partial charge in [-0.05, 0) is 31.0 Å². The fourth-order valence-corrected chi connectivity index (χ4v) is 1.69. The molecule has 0 atom stereocenters. The molecular weight excluding hydrogens is 216 g/mol. The van der Waals surface area contributed by atoms with E-state index in [1.165, 1.54) is 5.56 Å². The number of aryl methyl sites for hydroxylation is 1. The summed E-state index contributed by atoms with van der Waals surface area (Å²) in [6.07, 6.45) is 0.965. The minimum Gasteiger partial charge on any atom is -0.493 e. The van der Waals surface area contributed by atoms with Gasteiger partial charge >= 0.3 is 0 Å². The Kier molecular flexibility index (Phi) is 3.32. The van der Waals surface area contributed by atoms with Gasteiger partial charge in [-0.2, -0.15) is 0 Å². The van der Waals surface area contributed by atoms with Crippen molar-refractivity contribution in [3.05, 3.63) is 29.8 Å². The standard InChI is InChI=1S/C13H16N2O2/c1-3-9-5-6-12(16-4-2)10(7-9)11-8-13(14)17-15-11/h5-8H,3-4,14H2,1-2H3. The van der Waals surface area contributed by atoms with Gasteiger partial charge in [0.25, 0.3) is 0 Å². The second-order valence-electron chi connectivity index (χ2n) is 3.73. The number of aromatic nitrogens is 1. The zero-order chi connectivity index (χ0) is 12.3. The Hall–Kier alpha value is -1.97. The fourth-order valence-electron chi connectivity index (χ4n) is 1.69. The minimum absolute atomic E-state index is 0.310.